The van der Waals surface area contributed by atoms with Gasteiger partial charge < -0.3 is 0 Å². The second kappa shape index (κ2) is 7.22. The fourth-order valence-corrected chi connectivity index (χ4v) is 9.59. The standard InChI is InChI=1S/C44H30/c1-43(2)33-22-32-34(21-31(33)40-30-18-17-24-10-7-9-23-15-16-26(20-35(40)43)39(30)37(23)24)44(3,4)36-19-25-11-8-14-28-27-12-5-6-13-29(27)42(38(25)28)41(32)36/h5-22H,1-4H3. The van der Waals surface area contributed by atoms with Crippen LogP contribution >= 0.6 is 0 Å². The first-order chi connectivity index (χ1) is 21.3. The average Bonchev–Trinajstić information content (AvgIpc) is 3.57. The first-order valence-corrected chi connectivity index (χ1v) is 15.9. The maximum absolute atomic E-state index is 2.59. The normalized spacial score (nSPS) is 16.1. The van der Waals surface area contributed by atoms with Crippen LogP contribution in [0.5, 0.6) is 0 Å². The maximum atomic E-state index is 2.59. The second-order valence-electron chi connectivity index (χ2n) is 14.5. The highest BCUT2D eigenvalue weighted by molar-refractivity contribution is 6.27. The number of hydrogen-bond donors (Lipinski definition) is 0. The maximum Gasteiger partial charge on any atom is 0.0159 e. The molecule has 0 amide bonds. The quantitative estimate of drug-likeness (QED) is 0.162. The Labute approximate surface area is 256 Å². The van der Waals surface area contributed by atoms with E-state index in [2.05, 4.69) is 137 Å². The lowest BCUT2D eigenvalue weighted by Crippen LogP contribution is -2.17. The molecule has 0 radical (unpaired) electrons. The third-order valence-electron chi connectivity index (χ3n) is 11.7. The fourth-order valence-electron chi connectivity index (χ4n) is 9.59. The summed E-state index contributed by atoms with van der Waals surface area (Å²) in [5.41, 5.74) is 16.9. The van der Waals surface area contributed by atoms with Crippen LogP contribution in [0.4, 0.5) is 0 Å². The van der Waals surface area contributed by atoms with Gasteiger partial charge in [0, 0.05) is 10.8 Å². The Hall–Kier alpha value is -4.94. The van der Waals surface area contributed by atoms with Crippen LogP contribution in [0, 0.1) is 0 Å². The van der Waals surface area contributed by atoms with Gasteiger partial charge in [-0.05, 0) is 134 Å². The Kier molecular flexibility index (Phi) is 3.86. The van der Waals surface area contributed by atoms with Gasteiger partial charge in [-0.3, -0.25) is 0 Å². The van der Waals surface area contributed by atoms with E-state index in [0.29, 0.717) is 0 Å². The molecule has 0 atom stereocenters. The van der Waals surface area contributed by atoms with E-state index in [1.165, 1.54) is 110 Å². The van der Waals surface area contributed by atoms with Crippen molar-refractivity contribution in [2.75, 3.05) is 0 Å². The monoisotopic (exact) mass is 558 g/mol. The Morgan fingerprint density at radius 1 is 0.341 bits per heavy atom. The lowest BCUT2D eigenvalue weighted by molar-refractivity contribution is 0.653. The predicted octanol–water partition coefficient (Wildman–Crippen LogP) is 12.0. The first kappa shape index (κ1) is 23.5. The van der Waals surface area contributed by atoms with Crippen LogP contribution in [0.1, 0.15) is 49.9 Å². The molecular formula is C44H30. The molecule has 0 saturated heterocycles. The van der Waals surface area contributed by atoms with Crippen molar-refractivity contribution in [2.24, 2.45) is 0 Å². The molecule has 11 rings (SSSR count). The molecule has 0 spiro atoms. The molecule has 0 N–H and O–H groups in total. The van der Waals surface area contributed by atoms with Gasteiger partial charge in [-0.2, -0.15) is 0 Å². The molecule has 206 valence electrons. The Bertz CT molecular complexity index is 2630. The Morgan fingerprint density at radius 2 is 0.886 bits per heavy atom. The van der Waals surface area contributed by atoms with Gasteiger partial charge in [-0.15, -0.1) is 0 Å². The summed E-state index contributed by atoms with van der Waals surface area (Å²) < 4.78 is 0. The van der Waals surface area contributed by atoms with Crippen LogP contribution in [0.3, 0.4) is 0 Å². The first-order valence-electron chi connectivity index (χ1n) is 15.9. The lowest BCUT2D eigenvalue weighted by atomic mass is 9.79. The van der Waals surface area contributed by atoms with Gasteiger partial charge in [0.1, 0.15) is 0 Å². The number of rotatable bonds is 0. The van der Waals surface area contributed by atoms with Crippen molar-refractivity contribution in [1.82, 2.24) is 0 Å². The summed E-state index contributed by atoms with van der Waals surface area (Å²) >= 11 is 0. The topological polar surface area (TPSA) is 0 Å². The second-order valence-corrected chi connectivity index (χ2v) is 14.5. The van der Waals surface area contributed by atoms with E-state index in [-0.39, 0.29) is 10.8 Å². The van der Waals surface area contributed by atoms with Gasteiger partial charge in [0.15, 0.2) is 0 Å². The van der Waals surface area contributed by atoms with E-state index < -0.39 is 0 Å². The average molecular weight is 559 g/mol. The molecule has 3 aliphatic rings. The minimum atomic E-state index is -0.103. The summed E-state index contributed by atoms with van der Waals surface area (Å²) in [6.07, 6.45) is 0. The lowest BCUT2D eigenvalue weighted by Gasteiger charge is -2.24. The molecule has 0 heteroatoms. The van der Waals surface area contributed by atoms with Gasteiger partial charge in [0.05, 0.1) is 0 Å². The highest BCUT2D eigenvalue weighted by Crippen LogP contribution is 2.62. The largest absolute Gasteiger partial charge is 0.0616 e. The predicted molar refractivity (Wildman–Crippen MR) is 187 cm³/mol. The molecule has 0 saturated carbocycles. The smallest absolute Gasteiger partial charge is 0.0159 e. The molecule has 0 unspecified atom stereocenters. The highest BCUT2D eigenvalue weighted by Gasteiger charge is 2.44. The summed E-state index contributed by atoms with van der Waals surface area (Å²) in [5.74, 6) is 0. The summed E-state index contributed by atoms with van der Waals surface area (Å²) in [7, 11) is 0. The van der Waals surface area contributed by atoms with E-state index in [1.807, 2.05) is 0 Å². The molecule has 3 aliphatic carbocycles. The SMILES string of the molecule is CC1(C)c2cc3c(cc2-c2c1cc1cccc4c1c2-c1ccccc1-4)C(C)(C)c1cc2ccc4cccc5ccc(c1-3)c2c45. The zero-order valence-corrected chi connectivity index (χ0v) is 25.4. The molecule has 0 fully saturated rings. The number of benzene rings is 8. The van der Waals surface area contributed by atoms with E-state index in [1.54, 1.807) is 0 Å². The van der Waals surface area contributed by atoms with Crippen LogP contribution in [-0.4, -0.2) is 0 Å². The molecule has 0 aliphatic heterocycles. The minimum Gasteiger partial charge on any atom is -0.0616 e. The van der Waals surface area contributed by atoms with Crippen molar-refractivity contribution in [3.8, 4) is 44.5 Å². The number of hydrogen-bond acceptors (Lipinski definition) is 0. The van der Waals surface area contributed by atoms with Crippen molar-refractivity contribution in [1.29, 1.82) is 0 Å². The molecular weight excluding hydrogens is 528 g/mol. The van der Waals surface area contributed by atoms with E-state index in [4.69, 9.17) is 0 Å². The highest BCUT2D eigenvalue weighted by atomic mass is 14.5. The zero-order chi connectivity index (χ0) is 29.3. The molecule has 0 bridgehead atoms. The van der Waals surface area contributed by atoms with Crippen molar-refractivity contribution in [2.45, 2.75) is 38.5 Å². The van der Waals surface area contributed by atoms with E-state index in [9.17, 15) is 0 Å². The van der Waals surface area contributed by atoms with Crippen LogP contribution in [0.15, 0.2) is 109 Å². The van der Waals surface area contributed by atoms with Crippen LogP contribution < -0.4 is 0 Å². The van der Waals surface area contributed by atoms with Crippen LogP contribution in [0.2, 0.25) is 0 Å². The van der Waals surface area contributed by atoms with Gasteiger partial charge in [-0.1, -0.05) is 113 Å². The van der Waals surface area contributed by atoms with Crippen LogP contribution in [-0.2, 0) is 10.8 Å². The van der Waals surface area contributed by atoms with Crippen molar-refractivity contribution >= 4 is 43.1 Å². The van der Waals surface area contributed by atoms with E-state index in [0.717, 1.165) is 0 Å². The molecule has 0 aromatic heterocycles. The van der Waals surface area contributed by atoms with Gasteiger partial charge in [0.25, 0.3) is 0 Å². The van der Waals surface area contributed by atoms with Crippen molar-refractivity contribution in [3.05, 3.63) is 131 Å². The van der Waals surface area contributed by atoms with E-state index >= 15 is 0 Å². The van der Waals surface area contributed by atoms with Crippen molar-refractivity contribution < 1.29 is 0 Å². The summed E-state index contributed by atoms with van der Waals surface area (Å²) in [5, 5.41) is 11.0. The third kappa shape index (κ3) is 2.46. The van der Waals surface area contributed by atoms with Crippen LogP contribution in [0.25, 0.3) is 87.6 Å². The molecule has 0 nitrogen and oxygen atoms in total. The molecule has 8 aromatic rings. The zero-order valence-electron chi connectivity index (χ0n) is 25.4. The Balaban J connectivity index is 1.27. The molecule has 44 heavy (non-hydrogen) atoms. The fraction of sp³-hybridized carbons (Fsp3) is 0.136. The third-order valence-corrected chi connectivity index (χ3v) is 11.7. The van der Waals surface area contributed by atoms with Gasteiger partial charge in [-0.25, -0.2) is 0 Å². The summed E-state index contributed by atoms with van der Waals surface area (Å²) in [6.45, 7) is 9.77. The Morgan fingerprint density at radius 3 is 1.64 bits per heavy atom. The minimum absolute atomic E-state index is 0.0999. The summed E-state index contributed by atoms with van der Waals surface area (Å²) in [6, 6.07) is 42.2. The molecule has 0 heterocycles. The molecule has 8 aromatic carbocycles. The number of fused-ring (bicyclic) bond motifs is 11. The summed E-state index contributed by atoms with van der Waals surface area (Å²) in [4.78, 5) is 0. The van der Waals surface area contributed by atoms with Crippen molar-refractivity contribution in [3.63, 3.8) is 0 Å². The van der Waals surface area contributed by atoms with Gasteiger partial charge in [0.2, 0.25) is 0 Å². The van der Waals surface area contributed by atoms with Gasteiger partial charge >= 0.3 is 0 Å².